The molecule has 1 nitrogen and oxygen atoms in total. The Morgan fingerprint density at radius 3 is 2.44 bits per heavy atom. The van der Waals surface area contributed by atoms with Gasteiger partial charge in [0, 0.05) is 5.56 Å². The molecule has 0 atom stereocenters. The number of benzene rings is 1. The topological polar surface area (TPSA) is 17.1 Å². The van der Waals surface area contributed by atoms with Crippen molar-refractivity contribution in [3.63, 3.8) is 0 Å². The standard InChI is InChI=1S/C16H18OS/c1-11-7-8-12(16(2,3)4)10-13(11)15(17)14-6-5-9-18-14/h5-10H,1-4H3. The molecule has 0 bridgehead atoms. The van der Waals surface area contributed by atoms with E-state index in [-0.39, 0.29) is 11.2 Å². The van der Waals surface area contributed by atoms with Crippen molar-refractivity contribution < 1.29 is 4.79 Å². The van der Waals surface area contributed by atoms with E-state index in [1.54, 1.807) is 0 Å². The number of hydrogen-bond acceptors (Lipinski definition) is 2. The molecule has 0 saturated heterocycles. The molecule has 0 aliphatic carbocycles. The lowest BCUT2D eigenvalue weighted by Gasteiger charge is -2.20. The van der Waals surface area contributed by atoms with Gasteiger partial charge in [0.05, 0.1) is 4.88 Å². The molecule has 2 rings (SSSR count). The monoisotopic (exact) mass is 258 g/mol. The minimum atomic E-state index is 0.0676. The fraction of sp³-hybridized carbons (Fsp3) is 0.312. The summed E-state index contributed by atoms with van der Waals surface area (Å²) in [5, 5.41) is 1.94. The van der Waals surface area contributed by atoms with E-state index in [2.05, 4.69) is 26.8 Å². The molecule has 0 unspecified atom stereocenters. The van der Waals surface area contributed by atoms with E-state index in [9.17, 15) is 4.79 Å². The average molecular weight is 258 g/mol. The van der Waals surface area contributed by atoms with E-state index >= 15 is 0 Å². The van der Waals surface area contributed by atoms with Gasteiger partial charge in [0.2, 0.25) is 5.78 Å². The maximum Gasteiger partial charge on any atom is 0.203 e. The third-order valence-electron chi connectivity index (χ3n) is 3.09. The summed E-state index contributed by atoms with van der Waals surface area (Å²) in [6.45, 7) is 8.48. The van der Waals surface area contributed by atoms with Gasteiger partial charge in [0.1, 0.15) is 0 Å². The third-order valence-corrected chi connectivity index (χ3v) is 3.96. The minimum Gasteiger partial charge on any atom is -0.288 e. The molecule has 2 heteroatoms. The molecule has 0 aliphatic heterocycles. The molecule has 0 fully saturated rings. The van der Waals surface area contributed by atoms with Crippen LogP contribution >= 0.6 is 11.3 Å². The number of thiophene rings is 1. The number of hydrogen-bond donors (Lipinski definition) is 0. The molecule has 0 radical (unpaired) electrons. The summed E-state index contributed by atoms with van der Waals surface area (Å²) in [6, 6.07) is 10.00. The van der Waals surface area contributed by atoms with Crippen LogP contribution in [0.2, 0.25) is 0 Å². The van der Waals surface area contributed by atoms with Crippen LogP contribution in [0.1, 0.15) is 47.1 Å². The highest BCUT2D eigenvalue weighted by Crippen LogP contribution is 2.26. The van der Waals surface area contributed by atoms with Gasteiger partial charge in [0.25, 0.3) is 0 Å². The zero-order valence-electron chi connectivity index (χ0n) is 11.3. The third kappa shape index (κ3) is 2.54. The number of ketones is 1. The average Bonchev–Trinajstić information content (AvgIpc) is 2.80. The van der Waals surface area contributed by atoms with Gasteiger partial charge in [-0.3, -0.25) is 4.79 Å². The molecule has 0 N–H and O–H groups in total. The Bertz CT molecular complexity index is 559. The van der Waals surface area contributed by atoms with Gasteiger partial charge >= 0.3 is 0 Å². The molecular formula is C16H18OS. The van der Waals surface area contributed by atoms with Crippen LogP contribution in [0.3, 0.4) is 0 Å². The van der Waals surface area contributed by atoms with E-state index in [4.69, 9.17) is 0 Å². The van der Waals surface area contributed by atoms with Gasteiger partial charge in [-0.25, -0.2) is 0 Å². The second-order valence-corrected chi connectivity index (χ2v) is 6.53. The van der Waals surface area contributed by atoms with Gasteiger partial charge in [-0.2, -0.15) is 0 Å². The van der Waals surface area contributed by atoms with Crippen molar-refractivity contribution in [1.29, 1.82) is 0 Å². The molecule has 0 amide bonds. The molecule has 0 saturated carbocycles. The first-order valence-electron chi connectivity index (χ1n) is 6.09. The summed E-state index contributed by atoms with van der Waals surface area (Å²) in [6.07, 6.45) is 0. The van der Waals surface area contributed by atoms with Gasteiger partial charge in [-0.05, 0) is 41.0 Å². The fourth-order valence-electron chi connectivity index (χ4n) is 1.87. The predicted octanol–water partition coefficient (Wildman–Crippen LogP) is 4.59. The first-order valence-corrected chi connectivity index (χ1v) is 6.97. The normalized spacial score (nSPS) is 11.6. The van der Waals surface area contributed by atoms with Crippen molar-refractivity contribution in [1.82, 2.24) is 0 Å². The molecule has 1 aromatic carbocycles. The van der Waals surface area contributed by atoms with Crippen LogP contribution in [0, 0.1) is 6.92 Å². The largest absolute Gasteiger partial charge is 0.288 e. The Kier molecular flexibility index (Phi) is 3.40. The van der Waals surface area contributed by atoms with Crippen LogP contribution in [0.5, 0.6) is 0 Å². The van der Waals surface area contributed by atoms with E-state index in [1.807, 2.05) is 36.6 Å². The van der Waals surface area contributed by atoms with Crippen LogP contribution < -0.4 is 0 Å². The lowest BCUT2D eigenvalue weighted by molar-refractivity contribution is 0.104. The van der Waals surface area contributed by atoms with Crippen molar-refractivity contribution in [2.75, 3.05) is 0 Å². The lowest BCUT2D eigenvalue weighted by Crippen LogP contribution is -2.13. The number of rotatable bonds is 2. The summed E-state index contributed by atoms with van der Waals surface area (Å²) >= 11 is 1.50. The summed E-state index contributed by atoms with van der Waals surface area (Å²) in [5.74, 6) is 0.133. The summed E-state index contributed by atoms with van der Waals surface area (Å²) in [4.78, 5) is 13.2. The van der Waals surface area contributed by atoms with Gasteiger partial charge in [0.15, 0.2) is 0 Å². The quantitative estimate of drug-likeness (QED) is 0.720. The Morgan fingerprint density at radius 1 is 1.17 bits per heavy atom. The number of aryl methyl sites for hydroxylation is 1. The van der Waals surface area contributed by atoms with Crippen molar-refractivity contribution >= 4 is 17.1 Å². The van der Waals surface area contributed by atoms with Gasteiger partial charge < -0.3 is 0 Å². The van der Waals surface area contributed by atoms with E-state index in [0.29, 0.717) is 0 Å². The highest BCUT2D eigenvalue weighted by atomic mass is 32.1. The van der Waals surface area contributed by atoms with Gasteiger partial charge in [-0.1, -0.05) is 39.0 Å². The van der Waals surface area contributed by atoms with Crippen molar-refractivity contribution in [2.24, 2.45) is 0 Å². The molecule has 94 valence electrons. The summed E-state index contributed by atoms with van der Waals surface area (Å²) < 4.78 is 0. The zero-order chi connectivity index (χ0) is 13.3. The highest BCUT2D eigenvalue weighted by Gasteiger charge is 2.18. The smallest absolute Gasteiger partial charge is 0.203 e. The highest BCUT2D eigenvalue weighted by molar-refractivity contribution is 7.12. The summed E-state index contributed by atoms with van der Waals surface area (Å²) in [7, 11) is 0. The Morgan fingerprint density at radius 2 is 1.89 bits per heavy atom. The summed E-state index contributed by atoms with van der Waals surface area (Å²) in [5.41, 5.74) is 3.14. The second-order valence-electron chi connectivity index (χ2n) is 5.59. The van der Waals surface area contributed by atoms with Crippen molar-refractivity contribution in [3.8, 4) is 0 Å². The number of carbonyl (C=O) groups excluding carboxylic acids is 1. The van der Waals surface area contributed by atoms with Crippen LogP contribution in [-0.2, 0) is 5.41 Å². The Balaban J connectivity index is 2.48. The van der Waals surface area contributed by atoms with Crippen molar-refractivity contribution in [2.45, 2.75) is 33.1 Å². The number of carbonyl (C=O) groups is 1. The fourth-order valence-corrected chi connectivity index (χ4v) is 2.55. The van der Waals surface area contributed by atoms with Crippen LogP contribution in [0.25, 0.3) is 0 Å². The molecule has 1 aromatic heterocycles. The molecular weight excluding hydrogens is 240 g/mol. The second kappa shape index (κ2) is 4.69. The van der Waals surface area contributed by atoms with Crippen molar-refractivity contribution in [3.05, 3.63) is 57.3 Å². The molecule has 0 aliphatic rings. The van der Waals surface area contributed by atoms with E-state index < -0.39 is 0 Å². The lowest BCUT2D eigenvalue weighted by atomic mass is 9.84. The van der Waals surface area contributed by atoms with E-state index in [0.717, 1.165) is 16.0 Å². The zero-order valence-corrected chi connectivity index (χ0v) is 12.1. The Hall–Kier alpha value is -1.41. The molecule has 0 spiro atoms. The molecule has 1 heterocycles. The predicted molar refractivity (Wildman–Crippen MR) is 77.6 cm³/mol. The van der Waals surface area contributed by atoms with Gasteiger partial charge in [-0.15, -0.1) is 11.3 Å². The van der Waals surface area contributed by atoms with Crippen LogP contribution in [-0.4, -0.2) is 5.78 Å². The molecule has 2 aromatic rings. The first-order chi connectivity index (χ1) is 8.39. The van der Waals surface area contributed by atoms with Crippen LogP contribution in [0.4, 0.5) is 0 Å². The SMILES string of the molecule is Cc1ccc(C(C)(C)C)cc1C(=O)c1cccs1. The van der Waals surface area contributed by atoms with Crippen LogP contribution in [0.15, 0.2) is 35.7 Å². The first kappa shape index (κ1) is 13.0. The maximum atomic E-state index is 12.4. The van der Waals surface area contributed by atoms with E-state index in [1.165, 1.54) is 16.9 Å². The Labute approximate surface area is 112 Å². The molecule has 18 heavy (non-hydrogen) atoms. The minimum absolute atomic E-state index is 0.0676. The maximum absolute atomic E-state index is 12.4.